The van der Waals surface area contributed by atoms with Crippen molar-refractivity contribution in [2.75, 3.05) is 30.8 Å². The van der Waals surface area contributed by atoms with Crippen LogP contribution in [0.15, 0.2) is 36.4 Å². The molecular weight excluding hydrogens is 537 g/mol. The summed E-state index contributed by atoms with van der Waals surface area (Å²) in [4.78, 5) is 28.3. The Kier molecular flexibility index (Phi) is 11.1. The zero-order chi connectivity index (χ0) is 27.9. The normalized spacial score (nSPS) is 12.2. The predicted octanol–water partition coefficient (Wildman–Crippen LogP) is 4.66. The second-order valence-electron chi connectivity index (χ2n) is 9.28. The van der Waals surface area contributed by atoms with Gasteiger partial charge in [0.2, 0.25) is 21.8 Å². The van der Waals surface area contributed by atoms with E-state index in [2.05, 4.69) is 5.32 Å². The van der Waals surface area contributed by atoms with Crippen LogP contribution in [0.4, 0.5) is 5.69 Å². The smallest absolute Gasteiger partial charge is 0.244 e. The highest BCUT2D eigenvalue weighted by Crippen LogP contribution is 2.31. The summed E-state index contributed by atoms with van der Waals surface area (Å²) >= 11 is 12.3. The van der Waals surface area contributed by atoms with Crippen LogP contribution in [0.2, 0.25) is 10.0 Å². The van der Waals surface area contributed by atoms with E-state index in [1.807, 2.05) is 20.8 Å². The van der Waals surface area contributed by atoms with Gasteiger partial charge >= 0.3 is 0 Å². The van der Waals surface area contributed by atoms with Gasteiger partial charge in [-0.1, -0.05) is 56.1 Å². The summed E-state index contributed by atoms with van der Waals surface area (Å²) in [6.07, 6.45) is 1.35. The molecule has 0 aromatic heterocycles. The number of anilines is 1. The Morgan fingerprint density at radius 3 is 2.30 bits per heavy atom. The van der Waals surface area contributed by atoms with Gasteiger partial charge in [-0.05, 0) is 54.7 Å². The number of methoxy groups -OCH3 is 1. The number of benzene rings is 2. The molecule has 37 heavy (non-hydrogen) atoms. The first kappa shape index (κ1) is 30.7. The SMILES string of the molecule is CCC(C(=O)NCC(C)C)N(Cc1ccc(Cl)c(Cl)c1)C(=O)CN(c1cc(C)ccc1OC)S(C)(=O)=O. The number of hydrogen-bond acceptors (Lipinski definition) is 5. The number of amides is 2. The highest BCUT2D eigenvalue weighted by atomic mass is 35.5. The van der Waals surface area contributed by atoms with E-state index in [-0.39, 0.29) is 24.1 Å². The van der Waals surface area contributed by atoms with Crippen molar-refractivity contribution in [3.63, 3.8) is 0 Å². The molecular formula is C26H35Cl2N3O5S. The van der Waals surface area contributed by atoms with Crippen molar-refractivity contribution in [3.8, 4) is 5.75 Å². The molecule has 1 atom stereocenters. The zero-order valence-electron chi connectivity index (χ0n) is 22.0. The minimum absolute atomic E-state index is 0.0336. The van der Waals surface area contributed by atoms with Crippen molar-refractivity contribution in [1.82, 2.24) is 10.2 Å². The molecule has 0 aliphatic carbocycles. The molecule has 0 spiro atoms. The number of nitrogens with one attached hydrogen (secondary N) is 1. The van der Waals surface area contributed by atoms with Crippen LogP contribution in [0.3, 0.4) is 0 Å². The van der Waals surface area contributed by atoms with Gasteiger partial charge in [-0.15, -0.1) is 0 Å². The van der Waals surface area contributed by atoms with E-state index in [1.165, 1.54) is 12.0 Å². The molecule has 0 saturated carbocycles. The van der Waals surface area contributed by atoms with E-state index in [9.17, 15) is 18.0 Å². The van der Waals surface area contributed by atoms with Crippen LogP contribution in [0.5, 0.6) is 5.75 Å². The molecule has 0 bridgehead atoms. The quantitative estimate of drug-likeness (QED) is 0.399. The van der Waals surface area contributed by atoms with Crippen molar-refractivity contribution in [2.45, 2.75) is 46.7 Å². The topological polar surface area (TPSA) is 96.0 Å². The molecule has 204 valence electrons. The number of carbonyl (C=O) groups is 2. The summed E-state index contributed by atoms with van der Waals surface area (Å²) in [5.74, 6) is -0.341. The fourth-order valence-electron chi connectivity index (χ4n) is 3.77. The number of ether oxygens (including phenoxy) is 1. The van der Waals surface area contributed by atoms with Crippen LogP contribution in [0, 0.1) is 12.8 Å². The first-order chi connectivity index (χ1) is 17.3. The van der Waals surface area contributed by atoms with Crippen LogP contribution in [0.1, 0.15) is 38.3 Å². The maximum absolute atomic E-state index is 13.8. The highest BCUT2D eigenvalue weighted by Gasteiger charge is 2.32. The second kappa shape index (κ2) is 13.3. The van der Waals surface area contributed by atoms with Gasteiger partial charge in [0.05, 0.1) is 29.1 Å². The zero-order valence-corrected chi connectivity index (χ0v) is 24.4. The molecule has 0 fully saturated rings. The molecule has 0 aliphatic rings. The molecule has 0 aliphatic heterocycles. The van der Waals surface area contributed by atoms with E-state index < -0.39 is 28.5 Å². The van der Waals surface area contributed by atoms with Gasteiger partial charge in [0.25, 0.3) is 0 Å². The number of halogens is 2. The first-order valence-corrected chi connectivity index (χ1v) is 14.5. The third-order valence-corrected chi connectivity index (χ3v) is 7.56. The van der Waals surface area contributed by atoms with E-state index in [4.69, 9.17) is 27.9 Å². The molecule has 0 heterocycles. The minimum Gasteiger partial charge on any atom is -0.495 e. The van der Waals surface area contributed by atoms with Crippen molar-refractivity contribution in [2.24, 2.45) is 5.92 Å². The Hall–Kier alpha value is -2.49. The number of nitrogens with zero attached hydrogens (tertiary/aromatic N) is 2. The predicted molar refractivity (Wildman–Crippen MR) is 149 cm³/mol. The van der Waals surface area contributed by atoms with Gasteiger partial charge in [0, 0.05) is 13.1 Å². The highest BCUT2D eigenvalue weighted by molar-refractivity contribution is 7.92. The third-order valence-electron chi connectivity index (χ3n) is 5.69. The van der Waals surface area contributed by atoms with Crippen molar-refractivity contribution in [3.05, 3.63) is 57.6 Å². The van der Waals surface area contributed by atoms with Gasteiger partial charge < -0.3 is 15.0 Å². The molecule has 2 aromatic carbocycles. The summed E-state index contributed by atoms with van der Waals surface area (Å²) in [6, 6.07) is 9.20. The van der Waals surface area contributed by atoms with E-state index in [1.54, 1.807) is 43.3 Å². The van der Waals surface area contributed by atoms with Crippen LogP contribution >= 0.6 is 23.2 Å². The largest absolute Gasteiger partial charge is 0.495 e. The standard InChI is InChI=1S/C26H35Cl2N3O5S/c1-7-22(26(33)29-14-17(2)3)30(15-19-9-10-20(27)21(28)13-19)25(32)16-31(37(6,34)35)23-12-18(4)8-11-24(23)36-5/h8-13,17,22H,7,14-16H2,1-6H3,(H,29,33). The first-order valence-electron chi connectivity index (χ1n) is 11.9. The lowest BCUT2D eigenvalue weighted by atomic mass is 10.1. The fourth-order valence-corrected chi connectivity index (χ4v) is 4.93. The van der Waals surface area contributed by atoms with Gasteiger partial charge in [0.1, 0.15) is 18.3 Å². The lowest BCUT2D eigenvalue weighted by Gasteiger charge is -2.33. The second-order valence-corrected chi connectivity index (χ2v) is 12.0. The Morgan fingerprint density at radius 2 is 1.76 bits per heavy atom. The van der Waals surface area contributed by atoms with Gasteiger partial charge in [-0.2, -0.15) is 0 Å². The number of rotatable bonds is 12. The van der Waals surface area contributed by atoms with Crippen LogP contribution in [-0.4, -0.2) is 57.6 Å². The van der Waals surface area contributed by atoms with Crippen molar-refractivity contribution in [1.29, 1.82) is 0 Å². The molecule has 11 heteroatoms. The monoisotopic (exact) mass is 571 g/mol. The summed E-state index contributed by atoms with van der Waals surface area (Å²) in [7, 11) is -2.46. The molecule has 8 nitrogen and oxygen atoms in total. The van der Waals surface area contributed by atoms with Crippen molar-refractivity contribution >= 4 is 50.7 Å². The molecule has 2 rings (SSSR count). The van der Waals surface area contributed by atoms with Crippen LogP contribution in [-0.2, 0) is 26.2 Å². The lowest BCUT2D eigenvalue weighted by Crippen LogP contribution is -2.52. The van der Waals surface area contributed by atoms with Crippen LogP contribution in [0.25, 0.3) is 0 Å². The number of sulfonamides is 1. The average molecular weight is 573 g/mol. The van der Waals surface area contributed by atoms with Crippen LogP contribution < -0.4 is 14.4 Å². The maximum atomic E-state index is 13.8. The Labute approximate surface area is 229 Å². The summed E-state index contributed by atoms with van der Waals surface area (Å²) < 4.78 is 32.1. The fraction of sp³-hybridized carbons (Fsp3) is 0.462. The minimum atomic E-state index is -3.89. The van der Waals surface area contributed by atoms with Gasteiger partial charge in [-0.25, -0.2) is 8.42 Å². The Morgan fingerprint density at radius 1 is 1.08 bits per heavy atom. The van der Waals surface area contributed by atoms with E-state index >= 15 is 0 Å². The van der Waals surface area contributed by atoms with E-state index in [0.29, 0.717) is 34.3 Å². The molecule has 2 aromatic rings. The third kappa shape index (κ3) is 8.51. The lowest BCUT2D eigenvalue weighted by molar-refractivity contribution is -0.140. The molecule has 0 saturated heterocycles. The molecule has 0 radical (unpaired) electrons. The van der Waals surface area contributed by atoms with Crippen molar-refractivity contribution < 1.29 is 22.7 Å². The number of hydrogen-bond donors (Lipinski definition) is 1. The van der Waals surface area contributed by atoms with Gasteiger partial charge in [-0.3, -0.25) is 13.9 Å². The van der Waals surface area contributed by atoms with E-state index in [0.717, 1.165) is 16.1 Å². The maximum Gasteiger partial charge on any atom is 0.244 e. The summed E-state index contributed by atoms with van der Waals surface area (Å²) in [6.45, 7) is 7.51. The molecule has 1 unspecified atom stereocenters. The molecule has 1 N–H and O–H groups in total. The number of aryl methyl sites for hydroxylation is 1. The average Bonchev–Trinajstić information content (AvgIpc) is 2.82. The van der Waals surface area contributed by atoms with Gasteiger partial charge in [0.15, 0.2) is 0 Å². The summed E-state index contributed by atoms with van der Waals surface area (Å²) in [5, 5.41) is 3.56. The number of carbonyl (C=O) groups excluding carboxylic acids is 2. The Bertz CT molecular complexity index is 1220. The molecule has 2 amide bonds. The Balaban J connectivity index is 2.52. The summed E-state index contributed by atoms with van der Waals surface area (Å²) in [5.41, 5.74) is 1.69.